The predicted octanol–water partition coefficient (Wildman–Crippen LogP) is 7.29. The van der Waals surface area contributed by atoms with Crippen LogP contribution in [-0.2, 0) is 5.60 Å². The van der Waals surface area contributed by atoms with E-state index in [0.29, 0.717) is 23.2 Å². The van der Waals surface area contributed by atoms with Crippen molar-refractivity contribution in [3.05, 3.63) is 66.4 Å². The molecule has 0 saturated carbocycles. The lowest BCUT2D eigenvalue weighted by atomic mass is 9.70. The summed E-state index contributed by atoms with van der Waals surface area (Å²) in [5.74, 6) is 0.00636. The summed E-state index contributed by atoms with van der Waals surface area (Å²) in [5.41, 5.74) is 5.80. The van der Waals surface area contributed by atoms with Crippen LogP contribution in [0.25, 0.3) is 22.4 Å². The highest BCUT2D eigenvalue weighted by Gasteiger charge is 2.52. The van der Waals surface area contributed by atoms with Crippen molar-refractivity contribution in [1.82, 2.24) is 14.1 Å². The number of hydrogen-bond donors (Lipinski definition) is 1. The number of hydrogen-bond acceptors (Lipinski definition) is 3. The topological polar surface area (TPSA) is 41.3 Å². The van der Waals surface area contributed by atoms with Gasteiger partial charge in [-0.2, -0.15) is 0 Å². The quantitative estimate of drug-likeness (QED) is 0.333. The first-order valence-electron chi connectivity index (χ1n) is 14.0. The van der Waals surface area contributed by atoms with Crippen LogP contribution in [-0.4, -0.2) is 47.1 Å². The van der Waals surface area contributed by atoms with Gasteiger partial charge in [0.15, 0.2) is 8.24 Å². The first kappa shape index (κ1) is 26.3. The zero-order valence-electron chi connectivity index (χ0n) is 23.2. The number of aliphatic hydroxyl groups is 1. The summed E-state index contributed by atoms with van der Waals surface area (Å²) in [4.78, 5) is 6.72. The fourth-order valence-corrected chi connectivity index (χ4v) is 14.7. The van der Waals surface area contributed by atoms with Crippen LogP contribution in [0.4, 0.5) is 4.39 Å². The highest BCUT2D eigenvalue weighted by Crippen LogP contribution is 2.53. The van der Waals surface area contributed by atoms with Gasteiger partial charge in [0.25, 0.3) is 0 Å². The molecule has 1 aromatic carbocycles. The lowest BCUT2D eigenvalue weighted by Gasteiger charge is -2.50. The van der Waals surface area contributed by atoms with Crippen LogP contribution in [0.1, 0.15) is 59.9 Å². The van der Waals surface area contributed by atoms with Crippen LogP contribution in [0, 0.1) is 11.7 Å². The summed E-state index contributed by atoms with van der Waals surface area (Å²) < 4.78 is 16.8. The normalized spacial score (nSPS) is 24.0. The van der Waals surface area contributed by atoms with Crippen LogP contribution in [0.15, 0.2) is 55.0 Å². The van der Waals surface area contributed by atoms with E-state index in [1.165, 1.54) is 0 Å². The Balaban J connectivity index is 1.91. The molecular weight excluding hydrogens is 477 g/mol. The lowest BCUT2D eigenvalue weighted by Crippen LogP contribution is -2.57. The van der Waals surface area contributed by atoms with Crippen LogP contribution >= 0.6 is 0 Å². The summed E-state index contributed by atoms with van der Waals surface area (Å²) in [5, 5.41) is 12.6. The molecule has 3 aliphatic heterocycles. The molecule has 5 heterocycles. The number of pyridine rings is 1. The van der Waals surface area contributed by atoms with E-state index in [1.807, 2.05) is 24.5 Å². The van der Waals surface area contributed by atoms with Gasteiger partial charge in [-0.25, -0.2) is 4.39 Å². The molecule has 0 amide bonds. The van der Waals surface area contributed by atoms with Crippen molar-refractivity contribution in [2.45, 2.75) is 76.6 Å². The molecule has 1 N–H and O–H groups in total. The van der Waals surface area contributed by atoms with E-state index in [1.54, 1.807) is 12.1 Å². The van der Waals surface area contributed by atoms with Gasteiger partial charge < -0.3 is 14.2 Å². The molecule has 3 aromatic rings. The third kappa shape index (κ3) is 4.12. The summed E-state index contributed by atoms with van der Waals surface area (Å²) in [6.45, 7) is 17.0. The first-order chi connectivity index (χ1) is 17.6. The molecular formula is C31H42FN3OSi. The van der Waals surface area contributed by atoms with Crippen molar-refractivity contribution < 1.29 is 9.50 Å². The van der Waals surface area contributed by atoms with Gasteiger partial charge in [0.1, 0.15) is 11.4 Å². The number of benzene rings is 1. The van der Waals surface area contributed by atoms with Gasteiger partial charge in [-0.05, 0) is 96.0 Å². The zero-order valence-corrected chi connectivity index (χ0v) is 24.2. The van der Waals surface area contributed by atoms with Crippen molar-refractivity contribution in [3.8, 4) is 22.4 Å². The molecule has 3 aliphatic rings. The molecule has 2 aromatic heterocycles. The van der Waals surface area contributed by atoms with E-state index >= 15 is 0 Å². The second-order valence-electron chi connectivity index (χ2n) is 12.2. The molecule has 1 unspecified atom stereocenters. The van der Waals surface area contributed by atoms with E-state index in [0.717, 1.165) is 53.9 Å². The van der Waals surface area contributed by atoms with Gasteiger partial charge in [0, 0.05) is 42.0 Å². The number of halogens is 1. The van der Waals surface area contributed by atoms with Gasteiger partial charge >= 0.3 is 0 Å². The Kier molecular flexibility index (Phi) is 6.97. The van der Waals surface area contributed by atoms with Crippen LogP contribution in [0.5, 0.6) is 0 Å². The molecule has 2 bridgehead atoms. The fourth-order valence-electron chi connectivity index (χ4n) is 8.02. The third-order valence-corrected chi connectivity index (χ3v) is 16.2. The minimum Gasteiger partial charge on any atom is -0.383 e. The van der Waals surface area contributed by atoms with Crippen molar-refractivity contribution in [2.75, 3.05) is 19.6 Å². The second kappa shape index (κ2) is 9.79. The number of nitrogens with zero attached hydrogens (tertiary/aromatic N) is 3. The maximum absolute atomic E-state index is 14.2. The molecule has 6 rings (SSSR count). The summed E-state index contributed by atoms with van der Waals surface area (Å²) in [7, 11) is -2.22. The molecule has 0 spiro atoms. The minimum absolute atomic E-state index is 0.233. The standard InChI is InChI=1S/C31H42FN3OSi/c1-21(2)37(22(3)4,23(5)6)35-19-28(31(36)20-34-17-13-26(31)14-18-34)29(24-11-15-33-16-12-24)30(35)25-7-9-27(32)10-8-25/h7-12,15-16,19,21-23,26,36H,13-14,17-18,20H2,1-6H3. The molecule has 3 saturated heterocycles. The Morgan fingerprint density at radius 3 is 1.95 bits per heavy atom. The summed E-state index contributed by atoms with van der Waals surface area (Å²) >= 11 is 0. The first-order valence-corrected chi connectivity index (χ1v) is 16.2. The highest BCUT2D eigenvalue weighted by molar-refractivity contribution is 6.82. The van der Waals surface area contributed by atoms with Crippen molar-refractivity contribution in [3.63, 3.8) is 0 Å². The third-order valence-electron chi connectivity index (χ3n) is 9.48. The molecule has 0 aliphatic carbocycles. The largest absolute Gasteiger partial charge is 0.383 e. The monoisotopic (exact) mass is 519 g/mol. The van der Waals surface area contributed by atoms with Gasteiger partial charge in [-0.15, -0.1) is 0 Å². The molecule has 4 nitrogen and oxygen atoms in total. The number of aromatic nitrogens is 2. The smallest absolute Gasteiger partial charge is 0.169 e. The molecule has 1 atom stereocenters. The average molecular weight is 520 g/mol. The molecule has 3 fully saturated rings. The zero-order chi connectivity index (χ0) is 26.5. The summed E-state index contributed by atoms with van der Waals surface area (Å²) in [6, 6.07) is 11.1. The maximum atomic E-state index is 14.2. The number of fused-ring (bicyclic) bond motifs is 3. The average Bonchev–Trinajstić information content (AvgIpc) is 3.27. The Hall–Kier alpha value is -2.28. The number of rotatable bonds is 7. The van der Waals surface area contributed by atoms with E-state index < -0.39 is 13.8 Å². The van der Waals surface area contributed by atoms with Gasteiger partial charge in [-0.3, -0.25) is 4.98 Å². The summed E-state index contributed by atoms with van der Waals surface area (Å²) in [6.07, 6.45) is 8.05. The molecule has 6 heteroatoms. The van der Waals surface area contributed by atoms with Gasteiger partial charge in [0.2, 0.25) is 0 Å². The van der Waals surface area contributed by atoms with Crippen molar-refractivity contribution in [1.29, 1.82) is 0 Å². The number of piperidine rings is 3. The van der Waals surface area contributed by atoms with Crippen LogP contribution in [0.2, 0.25) is 16.6 Å². The molecule has 198 valence electrons. The van der Waals surface area contributed by atoms with E-state index in [4.69, 9.17) is 0 Å². The Bertz CT molecular complexity index is 1210. The maximum Gasteiger partial charge on any atom is 0.169 e. The van der Waals surface area contributed by atoms with Crippen molar-refractivity contribution in [2.24, 2.45) is 5.92 Å². The van der Waals surface area contributed by atoms with Crippen molar-refractivity contribution >= 4 is 8.24 Å². The second-order valence-corrected chi connectivity index (χ2v) is 17.9. The van der Waals surface area contributed by atoms with E-state index in [9.17, 15) is 9.50 Å². The van der Waals surface area contributed by atoms with Gasteiger partial charge in [-0.1, -0.05) is 41.5 Å². The SMILES string of the molecule is CC(C)[Si](C(C)C)(C(C)C)n1cc(C2(O)CN3CCC2CC3)c(-c2ccncc2)c1-c1ccc(F)cc1. The minimum atomic E-state index is -2.22. The predicted molar refractivity (Wildman–Crippen MR) is 153 cm³/mol. The highest BCUT2D eigenvalue weighted by atomic mass is 28.3. The fraction of sp³-hybridized carbons (Fsp3) is 0.516. The Morgan fingerprint density at radius 1 is 0.892 bits per heavy atom. The van der Waals surface area contributed by atoms with Crippen LogP contribution in [0.3, 0.4) is 0 Å². The molecule has 0 radical (unpaired) electrons. The Labute approximate surface area is 222 Å². The lowest BCUT2D eigenvalue weighted by molar-refractivity contribution is -0.117. The van der Waals surface area contributed by atoms with Gasteiger partial charge in [0.05, 0.1) is 0 Å². The van der Waals surface area contributed by atoms with E-state index in [2.05, 4.69) is 74.0 Å². The Morgan fingerprint density at radius 2 is 1.46 bits per heavy atom. The molecule has 37 heavy (non-hydrogen) atoms. The van der Waals surface area contributed by atoms with E-state index in [-0.39, 0.29) is 11.7 Å². The van der Waals surface area contributed by atoms with Crippen LogP contribution < -0.4 is 0 Å².